The Morgan fingerprint density at radius 2 is 2.29 bits per heavy atom. The molecule has 1 aromatic carbocycles. The summed E-state index contributed by atoms with van der Waals surface area (Å²) in [7, 11) is 0. The van der Waals surface area contributed by atoms with E-state index >= 15 is 0 Å². The molecule has 2 rings (SSSR count). The first-order valence-corrected chi connectivity index (χ1v) is 5.88. The van der Waals surface area contributed by atoms with Crippen molar-refractivity contribution < 1.29 is 14.3 Å². The van der Waals surface area contributed by atoms with E-state index in [1.54, 1.807) is 0 Å². The minimum atomic E-state index is -0.174. The Kier molecular flexibility index (Phi) is 3.98. The number of benzene rings is 1. The van der Waals surface area contributed by atoms with Crippen LogP contribution in [-0.2, 0) is 16.1 Å². The molecule has 0 radical (unpaired) electrons. The van der Waals surface area contributed by atoms with Gasteiger partial charge in [0.2, 0.25) is 0 Å². The van der Waals surface area contributed by atoms with Crippen molar-refractivity contribution in [2.24, 2.45) is 0 Å². The summed E-state index contributed by atoms with van der Waals surface area (Å²) in [6.07, 6.45) is 0. The van der Waals surface area contributed by atoms with E-state index in [1.165, 1.54) is 0 Å². The van der Waals surface area contributed by atoms with Crippen LogP contribution < -0.4 is 4.74 Å². The highest BCUT2D eigenvalue weighted by atomic mass is 16.5. The van der Waals surface area contributed by atoms with Crippen LogP contribution in [0.25, 0.3) is 0 Å². The molecule has 1 aromatic rings. The van der Waals surface area contributed by atoms with E-state index < -0.39 is 0 Å². The fourth-order valence-corrected chi connectivity index (χ4v) is 1.90. The number of hydrogen-bond donors (Lipinski definition) is 0. The number of carbonyl (C=O) groups is 1. The van der Waals surface area contributed by atoms with Crippen LogP contribution in [0.15, 0.2) is 24.3 Å². The largest absolute Gasteiger partial charge is 0.492 e. The van der Waals surface area contributed by atoms with E-state index in [9.17, 15) is 4.79 Å². The fourth-order valence-electron chi connectivity index (χ4n) is 1.90. The Balaban J connectivity index is 2.00. The van der Waals surface area contributed by atoms with Crippen LogP contribution in [-0.4, -0.2) is 37.2 Å². The number of rotatable bonds is 3. The van der Waals surface area contributed by atoms with Crippen LogP contribution >= 0.6 is 0 Å². The van der Waals surface area contributed by atoms with Gasteiger partial charge in [0.05, 0.1) is 13.2 Å². The molecule has 0 saturated carbocycles. The number of fused-ring (bicyclic) bond motifs is 1. The zero-order valence-electron chi connectivity index (χ0n) is 10.0. The molecule has 0 atom stereocenters. The van der Waals surface area contributed by atoms with Crippen molar-refractivity contribution in [1.82, 2.24) is 4.90 Å². The molecule has 0 fully saturated rings. The van der Waals surface area contributed by atoms with Crippen LogP contribution in [0, 0.1) is 0 Å². The van der Waals surface area contributed by atoms with Gasteiger partial charge in [0.25, 0.3) is 0 Å². The zero-order valence-corrected chi connectivity index (χ0v) is 10.0. The van der Waals surface area contributed by atoms with Gasteiger partial charge in [0, 0.05) is 18.7 Å². The normalized spacial score (nSPS) is 15.6. The Bertz CT molecular complexity index is 392. The average molecular weight is 235 g/mol. The highest BCUT2D eigenvalue weighted by Gasteiger charge is 2.17. The van der Waals surface area contributed by atoms with E-state index in [-0.39, 0.29) is 5.97 Å². The summed E-state index contributed by atoms with van der Waals surface area (Å²) >= 11 is 0. The van der Waals surface area contributed by atoms with Crippen LogP contribution in [0.3, 0.4) is 0 Å². The number of carbonyl (C=O) groups excluding carboxylic acids is 1. The first kappa shape index (κ1) is 11.9. The highest BCUT2D eigenvalue weighted by Crippen LogP contribution is 2.22. The maximum absolute atomic E-state index is 11.4. The van der Waals surface area contributed by atoms with Crippen molar-refractivity contribution >= 4 is 5.97 Å². The van der Waals surface area contributed by atoms with E-state index in [0.29, 0.717) is 19.8 Å². The molecule has 92 valence electrons. The summed E-state index contributed by atoms with van der Waals surface area (Å²) in [5.74, 6) is 0.741. The summed E-state index contributed by atoms with van der Waals surface area (Å²) in [5.41, 5.74) is 1.12. The smallest absolute Gasteiger partial charge is 0.320 e. The molecule has 17 heavy (non-hydrogen) atoms. The third kappa shape index (κ3) is 3.20. The second-order valence-electron chi connectivity index (χ2n) is 3.97. The van der Waals surface area contributed by atoms with Gasteiger partial charge in [-0.2, -0.15) is 0 Å². The van der Waals surface area contributed by atoms with Crippen molar-refractivity contribution in [3.63, 3.8) is 0 Å². The van der Waals surface area contributed by atoms with Gasteiger partial charge >= 0.3 is 5.97 Å². The highest BCUT2D eigenvalue weighted by molar-refractivity contribution is 5.71. The lowest BCUT2D eigenvalue weighted by Crippen LogP contribution is -2.32. The Morgan fingerprint density at radius 1 is 1.47 bits per heavy atom. The van der Waals surface area contributed by atoms with Crippen molar-refractivity contribution in [2.75, 3.05) is 26.3 Å². The molecule has 1 heterocycles. The monoisotopic (exact) mass is 235 g/mol. The summed E-state index contributed by atoms with van der Waals surface area (Å²) in [5, 5.41) is 0. The molecule has 0 saturated heterocycles. The lowest BCUT2D eigenvalue weighted by atomic mass is 10.2. The maximum atomic E-state index is 11.4. The Hall–Kier alpha value is -1.55. The zero-order chi connectivity index (χ0) is 12.1. The van der Waals surface area contributed by atoms with Crippen LogP contribution in [0.2, 0.25) is 0 Å². The van der Waals surface area contributed by atoms with Gasteiger partial charge in [-0.05, 0) is 13.0 Å². The second kappa shape index (κ2) is 5.68. The van der Waals surface area contributed by atoms with Gasteiger partial charge in [-0.15, -0.1) is 0 Å². The van der Waals surface area contributed by atoms with Gasteiger partial charge in [-0.25, -0.2) is 0 Å². The fraction of sp³-hybridized carbons (Fsp3) is 0.462. The number of ether oxygens (including phenoxy) is 2. The van der Waals surface area contributed by atoms with E-state index in [4.69, 9.17) is 9.47 Å². The molecule has 4 heteroatoms. The molecule has 0 amide bonds. The van der Waals surface area contributed by atoms with Gasteiger partial charge in [-0.1, -0.05) is 18.2 Å². The van der Waals surface area contributed by atoms with Crippen LogP contribution in [0.4, 0.5) is 0 Å². The van der Waals surface area contributed by atoms with E-state index in [0.717, 1.165) is 24.4 Å². The third-order valence-electron chi connectivity index (χ3n) is 2.69. The van der Waals surface area contributed by atoms with Crippen molar-refractivity contribution in [1.29, 1.82) is 0 Å². The minimum absolute atomic E-state index is 0.174. The van der Waals surface area contributed by atoms with Crippen molar-refractivity contribution in [2.45, 2.75) is 13.5 Å². The first-order chi connectivity index (χ1) is 8.29. The minimum Gasteiger partial charge on any atom is -0.492 e. The number of esters is 1. The van der Waals surface area contributed by atoms with Gasteiger partial charge < -0.3 is 9.47 Å². The predicted molar refractivity (Wildman–Crippen MR) is 63.8 cm³/mol. The molecule has 0 bridgehead atoms. The van der Waals surface area contributed by atoms with E-state index in [2.05, 4.69) is 0 Å². The molecule has 4 nitrogen and oxygen atoms in total. The molecule has 0 unspecified atom stereocenters. The average Bonchev–Trinajstić information content (AvgIpc) is 2.50. The second-order valence-corrected chi connectivity index (χ2v) is 3.97. The predicted octanol–water partition coefficient (Wildman–Crippen LogP) is 1.44. The number of para-hydroxylation sites is 1. The molecular formula is C13H17NO3. The maximum Gasteiger partial charge on any atom is 0.320 e. The Labute approximate surface area is 101 Å². The SMILES string of the molecule is CCOC(=O)CN1CCOc2ccccc2C1. The topological polar surface area (TPSA) is 38.8 Å². The third-order valence-corrected chi connectivity index (χ3v) is 2.69. The molecular weight excluding hydrogens is 218 g/mol. The molecule has 0 aromatic heterocycles. The van der Waals surface area contributed by atoms with E-state index in [1.807, 2.05) is 36.1 Å². The van der Waals surface area contributed by atoms with Gasteiger partial charge in [0.15, 0.2) is 0 Å². The summed E-state index contributed by atoms with van der Waals surface area (Å²) in [4.78, 5) is 13.5. The Morgan fingerprint density at radius 3 is 3.12 bits per heavy atom. The summed E-state index contributed by atoms with van der Waals surface area (Å²) in [6.45, 7) is 4.66. The number of nitrogens with zero attached hydrogens (tertiary/aromatic N) is 1. The van der Waals surface area contributed by atoms with Crippen LogP contribution in [0.5, 0.6) is 5.75 Å². The lowest BCUT2D eigenvalue weighted by Gasteiger charge is -2.17. The lowest BCUT2D eigenvalue weighted by molar-refractivity contribution is -0.144. The molecule has 0 spiro atoms. The molecule has 1 aliphatic heterocycles. The molecule has 0 aliphatic carbocycles. The van der Waals surface area contributed by atoms with Crippen molar-refractivity contribution in [3.8, 4) is 5.75 Å². The quantitative estimate of drug-likeness (QED) is 0.743. The van der Waals surface area contributed by atoms with Gasteiger partial charge in [0.1, 0.15) is 12.4 Å². The van der Waals surface area contributed by atoms with Gasteiger partial charge in [-0.3, -0.25) is 9.69 Å². The summed E-state index contributed by atoms with van der Waals surface area (Å²) in [6, 6.07) is 7.93. The number of hydrogen-bond acceptors (Lipinski definition) is 4. The van der Waals surface area contributed by atoms with Crippen LogP contribution in [0.1, 0.15) is 12.5 Å². The molecule has 0 N–H and O–H groups in total. The molecule has 1 aliphatic rings. The first-order valence-electron chi connectivity index (χ1n) is 5.88. The standard InChI is InChI=1S/C13H17NO3/c1-2-16-13(15)10-14-7-8-17-12-6-4-3-5-11(12)9-14/h3-6H,2,7-10H2,1H3. The summed E-state index contributed by atoms with van der Waals surface area (Å²) < 4.78 is 10.6. The van der Waals surface area contributed by atoms with Crippen molar-refractivity contribution in [3.05, 3.63) is 29.8 Å².